The van der Waals surface area contributed by atoms with Gasteiger partial charge >= 0.3 is 0 Å². The van der Waals surface area contributed by atoms with Crippen molar-refractivity contribution in [1.82, 2.24) is 20.1 Å². The summed E-state index contributed by atoms with van der Waals surface area (Å²) in [5.41, 5.74) is 3.20. The van der Waals surface area contributed by atoms with E-state index in [1.807, 2.05) is 29.6 Å². The molecule has 0 saturated carbocycles. The van der Waals surface area contributed by atoms with E-state index in [4.69, 9.17) is 9.47 Å². The molecule has 2 aromatic carbocycles. The van der Waals surface area contributed by atoms with Gasteiger partial charge in [0.15, 0.2) is 0 Å². The number of methoxy groups -OCH3 is 1. The highest BCUT2D eigenvalue weighted by Crippen LogP contribution is 2.25. The minimum Gasteiger partial charge on any atom is -0.497 e. The van der Waals surface area contributed by atoms with Gasteiger partial charge in [0, 0.05) is 43.7 Å². The number of likely N-dealkylation sites (N-methyl/N-ethyl adjacent to an activating group) is 1. The second-order valence-electron chi connectivity index (χ2n) is 8.47. The van der Waals surface area contributed by atoms with Crippen LogP contribution >= 0.6 is 11.3 Å². The van der Waals surface area contributed by atoms with E-state index in [2.05, 4.69) is 51.4 Å². The summed E-state index contributed by atoms with van der Waals surface area (Å²) in [7, 11) is 3.80. The summed E-state index contributed by atoms with van der Waals surface area (Å²) in [6.07, 6.45) is 0.264. The van der Waals surface area contributed by atoms with Crippen LogP contribution in [0.25, 0.3) is 10.6 Å². The van der Waals surface area contributed by atoms with Crippen molar-refractivity contribution in [3.63, 3.8) is 0 Å². The Morgan fingerprint density at radius 3 is 2.44 bits per heavy atom. The Labute approximate surface area is 205 Å². The van der Waals surface area contributed by atoms with Crippen LogP contribution in [0.5, 0.6) is 11.5 Å². The average Bonchev–Trinajstić information content (AvgIpc) is 3.32. The lowest BCUT2D eigenvalue weighted by atomic mass is 10.1. The zero-order valence-electron chi connectivity index (χ0n) is 19.8. The fraction of sp³-hybridized carbons (Fsp3) is 0.385. The molecule has 4 rings (SSSR count). The third-order valence-corrected chi connectivity index (χ3v) is 6.79. The molecule has 0 unspecified atom stereocenters. The van der Waals surface area contributed by atoms with Crippen LogP contribution in [0.3, 0.4) is 0 Å². The predicted octanol–water partition coefficient (Wildman–Crippen LogP) is 3.30. The normalized spacial score (nSPS) is 14.6. The smallest absolute Gasteiger partial charge is 0.226 e. The molecule has 1 N–H and O–H groups in total. The number of aromatic nitrogens is 1. The van der Waals surface area contributed by atoms with Gasteiger partial charge in [-0.3, -0.25) is 9.69 Å². The van der Waals surface area contributed by atoms with E-state index in [-0.39, 0.29) is 12.3 Å². The number of nitrogens with one attached hydrogen (secondary N) is 1. The number of thiazole rings is 1. The topological polar surface area (TPSA) is 66.9 Å². The molecular formula is C26H32N4O3S. The summed E-state index contributed by atoms with van der Waals surface area (Å²) in [5, 5.41) is 5.79. The zero-order chi connectivity index (χ0) is 23.8. The SMILES string of the molecule is COc1ccc(OCCNC(=O)Cc2csc(-c3ccc(CN4CCN(C)CC4)cc3)n2)cc1. The van der Waals surface area contributed by atoms with Crippen LogP contribution in [-0.4, -0.2) is 74.2 Å². The van der Waals surface area contributed by atoms with Crippen molar-refractivity contribution in [2.45, 2.75) is 13.0 Å². The van der Waals surface area contributed by atoms with Gasteiger partial charge in [-0.1, -0.05) is 24.3 Å². The first kappa shape index (κ1) is 24.2. The number of carbonyl (C=O) groups is 1. The molecule has 0 atom stereocenters. The molecule has 0 aliphatic carbocycles. The van der Waals surface area contributed by atoms with E-state index in [9.17, 15) is 4.79 Å². The molecule has 1 saturated heterocycles. The van der Waals surface area contributed by atoms with Crippen molar-refractivity contribution in [2.75, 3.05) is 53.5 Å². The van der Waals surface area contributed by atoms with E-state index in [1.54, 1.807) is 18.4 Å². The van der Waals surface area contributed by atoms with Crippen molar-refractivity contribution in [1.29, 1.82) is 0 Å². The lowest BCUT2D eigenvalue weighted by Crippen LogP contribution is -2.43. The summed E-state index contributed by atoms with van der Waals surface area (Å²) in [6.45, 7) is 6.32. The molecule has 1 aliphatic rings. The van der Waals surface area contributed by atoms with Gasteiger partial charge < -0.3 is 19.7 Å². The van der Waals surface area contributed by atoms with E-state index < -0.39 is 0 Å². The second-order valence-corrected chi connectivity index (χ2v) is 9.33. The predicted molar refractivity (Wildman–Crippen MR) is 136 cm³/mol. The van der Waals surface area contributed by atoms with Gasteiger partial charge in [0.05, 0.1) is 25.8 Å². The third kappa shape index (κ3) is 7.03. The minimum atomic E-state index is -0.0577. The van der Waals surface area contributed by atoms with Gasteiger partial charge in [-0.2, -0.15) is 0 Å². The van der Waals surface area contributed by atoms with Crippen LogP contribution in [0.1, 0.15) is 11.3 Å². The average molecular weight is 481 g/mol. The van der Waals surface area contributed by atoms with Crippen molar-refractivity contribution in [3.05, 3.63) is 65.2 Å². The van der Waals surface area contributed by atoms with E-state index in [0.717, 1.165) is 60.5 Å². The summed E-state index contributed by atoms with van der Waals surface area (Å²) < 4.78 is 10.8. The Kier molecular flexibility index (Phi) is 8.51. The maximum Gasteiger partial charge on any atom is 0.226 e. The molecule has 0 radical (unpaired) electrons. The van der Waals surface area contributed by atoms with Gasteiger partial charge in [-0.05, 0) is 36.9 Å². The first-order chi connectivity index (χ1) is 16.6. The van der Waals surface area contributed by atoms with Gasteiger partial charge in [-0.25, -0.2) is 4.98 Å². The maximum absolute atomic E-state index is 12.3. The Morgan fingerprint density at radius 1 is 1.03 bits per heavy atom. The van der Waals surface area contributed by atoms with Crippen LogP contribution in [-0.2, 0) is 17.8 Å². The summed E-state index contributed by atoms with van der Waals surface area (Å²) in [4.78, 5) is 21.8. The van der Waals surface area contributed by atoms with Crippen LogP contribution < -0.4 is 14.8 Å². The molecule has 3 aromatic rings. The van der Waals surface area contributed by atoms with Crippen LogP contribution in [0.2, 0.25) is 0 Å². The van der Waals surface area contributed by atoms with Crippen molar-refractivity contribution < 1.29 is 14.3 Å². The molecule has 8 heteroatoms. The number of amides is 1. The van der Waals surface area contributed by atoms with Crippen LogP contribution in [0.4, 0.5) is 0 Å². The lowest BCUT2D eigenvalue weighted by molar-refractivity contribution is -0.120. The largest absolute Gasteiger partial charge is 0.497 e. The quantitative estimate of drug-likeness (QED) is 0.449. The molecular weight excluding hydrogens is 448 g/mol. The van der Waals surface area contributed by atoms with Gasteiger partial charge in [0.2, 0.25) is 5.91 Å². The first-order valence-corrected chi connectivity index (χ1v) is 12.4. The molecule has 0 spiro atoms. The Bertz CT molecular complexity index is 1040. The number of piperazine rings is 1. The lowest BCUT2D eigenvalue weighted by Gasteiger charge is -2.32. The highest BCUT2D eigenvalue weighted by molar-refractivity contribution is 7.13. The van der Waals surface area contributed by atoms with E-state index in [1.165, 1.54) is 5.56 Å². The highest BCUT2D eigenvalue weighted by Gasteiger charge is 2.14. The molecule has 34 heavy (non-hydrogen) atoms. The molecule has 1 aliphatic heterocycles. The molecule has 1 aromatic heterocycles. The number of benzene rings is 2. The van der Waals surface area contributed by atoms with Crippen LogP contribution in [0, 0.1) is 0 Å². The number of hydrogen-bond acceptors (Lipinski definition) is 7. The molecule has 7 nitrogen and oxygen atoms in total. The minimum absolute atomic E-state index is 0.0577. The summed E-state index contributed by atoms with van der Waals surface area (Å²) in [6, 6.07) is 16.0. The Morgan fingerprint density at radius 2 is 1.74 bits per heavy atom. The fourth-order valence-corrected chi connectivity index (χ4v) is 4.62. The first-order valence-electron chi connectivity index (χ1n) is 11.6. The summed E-state index contributed by atoms with van der Waals surface area (Å²) >= 11 is 1.57. The highest BCUT2D eigenvalue weighted by atomic mass is 32.1. The number of ether oxygens (including phenoxy) is 2. The number of rotatable bonds is 10. The number of carbonyl (C=O) groups excluding carboxylic acids is 1. The maximum atomic E-state index is 12.3. The monoisotopic (exact) mass is 480 g/mol. The summed E-state index contributed by atoms with van der Waals surface area (Å²) in [5.74, 6) is 1.47. The van der Waals surface area contributed by atoms with E-state index in [0.29, 0.717) is 13.2 Å². The van der Waals surface area contributed by atoms with Crippen molar-refractivity contribution >= 4 is 17.2 Å². The van der Waals surface area contributed by atoms with Gasteiger partial charge in [0.25, 0.3) is 0 Å². The Balaban J connectivity index is 1.20. The molecule has 0 bridgehead atoms. The number of nitrogens with zero attached hydrogens (tertiary/aromatic N) is 3. The second kappa shape index (κ2) is 12.0. The van der Waals surface area contributed by atoms with E-state index >= 15 is 0 Å². The third-order valence-electron chi connectivity index (χ3n) is 5.85. The zero-order valence-corrected chi connectivity index (χ0v) is 20.6. The molecule has 1 fully saturated rings. The number of hydrogen-bond donors (Lipinski definition) is 1. The van der Waals surface area contributed by atoms with Crippen molar-refractivity contribution in [3.8, 4) is 22.1 Å². The van der Waals surface area contributed by atoms with Gasteiger partial charge in [-0.15, -0.1) is 11.3 Å². The molecule has 2 heterocycles. The fourth-order valence-electron chi connectivity index (χ4n) is 3.80. The molecule has 1 amide bonds. The standard InChI is InChI=1S/C26H32N4O3S/c1-29-12-14-30(15-13-29)18-20-3-5-21(6-4-20)26-28-22(19-34-26)17-25(31)27-11-16-33-24-9-7-23(32-2)8-10-24/h3-10,19H,11-18H2,1-2H3,(H,27,31). The van der Waals surface area contributed by atoms with Gasteiger partial charge in [0.1, 0.15) is 23.1 Å². The van der Waals surface area contributed by atoms with Crippen LogP contribution in [0.15, 0.2) is 53.9 Å². The molecule has 180 valence electrons. The van der Waals surface area contributed by atoms with Crippen molar-refractivity contribution in [2.24, 2.45) is 0 Å². The Hall–Kier alpha value is -2.94.